The predicted molar refractivity (Wildman–Crippen MR) is 88.2 cm³/mol. The van der Waals surface area contributed by atoms with Gasteiger partial charge in [-0.25, -0.2) is 4.79 Å². The molecule has 0 aliphatic rings. The summed E-state index contributed by atoms with van der Waals surface area (Å²) < 4.78 is 6.06. The Kier molecular flexibility index (Phi) is 3.79. The third-order valence-corrected chi connectivity index (χ3v) is 4.52. The molecule has 1 heterocycles. The topological polar surface area (TPSA) is 86.5 Å². The van der Waals surface area contributed by atoms with Crippen LogP contribution in [0.25, 0.3) is 20.2 Å². The van der Waals surface area contributed by atoms with Crippen LogP contribution in [0, 0.1) is 10.1 Å². The molecule has 0 saturated heterocycles. The minimum Gasteiger partial charge on any atom is -0.462 e. The van der Waals surface area contributed by atoms with E-state index in [2.05, 4.69) is 0 Å². The van der Waals surface area contributed by atoms with E-state index in [0.29, 0.717) is 10.1 Å². The van der Waals surface area contributed by atoms with Crippen molar-refractivity contribution in [2.24, 2.45) is 0 Å². The first-order chi connectivity index (χ1) is 11.0. The maximum Gasteiger partial charge on any atom is 0.345 e. The van der Waals surface area contributed by atoms with Crippen LogP contribution in [0.15, 0.2) is 41.2 Å². The fourth-order valence-electron chi connectivity index (χ4n) is 2.36. The maximum absolute atomic E-state index is 12.6. The van der Waals surface area contributed by atoms with Crippen molar-refractivity contribution in [3.63, 3.8) is 0 Å². The third kappa shape index (κ3) is 2.55. The molecule has 116 valence electrons. The van der Waals surface area contributed by atoms with Gasteiger partial charge in [0.15, 0.2) is 5.43 Å². The Morgan fingerprint density at radius 2 is 1.96 bits per heavy atom. The number of carbonyl (C=O) groups excluding carboxylic acids is 1. The number of ether oxygens (including phenoxy) is 1. The number of benzene rings is 2. The van der Waals surface area contributed by atoms with Crippen LogP contribution in [0.3, 0.4) is 0 Å². The largest absolute Gasteiger partial charge is 0.462 e. The minimum atomic E-state index is -0.807. The zero-order valence-corrected chi connectivity index (χ0v) is 12.9. The Hall–Kier alpha value is -2.80. The van der Waals surface area contributed by atoms with Gasteiger partial charge in [-0.3, -0.25) is 14.9 Å². The van der Waals surface area contributed by atoms with E-state index in [1.165, 1.54) is 23.5 Å². The Morgan fingerprint density at radius 1 is 1.22 bits per heavy atom. The average Bonchev–Trinajstić information content (AvgIpc) is 2.54. The zero-order chi connectivity index (χ0) is 16.6. The molecule has 0 spiro atoms. The standard InChI is InChI=1S/C16H11NO5S/c1-2-22-16(19)10-7-11-14(8-12(10)17(20)21)23-13-6-4-3-5-9(13)15(11)18/h3-8H,2H2,1H3. The van der Waals surface area contributed by atoms with Crippen molar-refractivity contribution >= 4 is 43.2 Å². The van der Waals surface area contributed by atoms with Gasteiger partial charge in [-0.2, -0.15) is 0 Å². The molecule has 23 heavy (non-hydrogen) atoms. The van der Waals surface area contributed by atoms with Crippen LogP contribution in [0.4, 0.5) is 5.69 Å². The van der Waals surface area contributed by atoms with Crippen LogP contribution in [0.1, 0.15) is 17.3 Å². The van der Waals surface area contributed by atoms with Crippen LogP contribution >= 0.6 is 11.3 Å². The number of nitro benzene ring substituents is 1. The second-order valence-electron chi connectivity index (χ2n) is 4.77. The van der Waals surface area contributed by atoms with Gasteiger partial charge < -0.3 is 4.74 Å². The second-order valence-corrected chi connectivity index (χ2v) is 5.85. The van der Waals surface area contributed by atoms with E-state index in [0.717, 1.165) is 4.70 Å². The molecule has 0 fully saturated rings. The summed E-state index contributed by atoms with van der Waals surface area (Å²) in [6.45, 7) is 1.71. The van der Waals surface area contributed by atoms with Gasteiger partial charge >= 0.3 is 5.97 Å². The van der Waals surface area contributed by atoms with Gasteiger partial charge in [-0.05, 0) is 25.1 Å². The minimum absolute atomic E-state index is 0.0958. The number of nitrogens with zero attached hydrogens (tertiary/aromatic N) is 1. The van der Waals surface area contributed by atoms with E-state index in [1.54, 1.807) is 31.2 Å². The average molecular weight is 329 g/mol. The third-order valence-electron chi connectivity index (χ3n) is 3.39. The van der Waals surface area contributed by atoms with Gasteiger partial charge in [0.25, 0.3) is 5.69 Å². The molecular formula is C16H11NO5S. The summed E-state index contributed by atoms with van der Waals surface area (Å²) in [5.74, 6) is -0.807. The first-order valence-electron chi connectivity index (χ1n) is 6.84. The lowest BCUT2D eigenvalue weighted by atomic mass is 10.1. The fourth-order valence-corrected chi connectivity index (χ4v) is 3.45. The number of hydrogen-bond donors (Lipinski definition) is 0. The molecule has 0 amide bonds. The quantitative estimate of drug-likeness (QED) is 0.318. The van der Waals surface area contributed by atoms with E-state index < -0.39 is 10.9 Å². The molecule has 0 unspecified atom stereocenters. The number of carbonyl (C=O) groups is 1. The molecule has 1 aromatic heterocycles. The van der Waals surface area contributed by atoms with Crippen molar-refractivity contribution in [3.05, 3.63) is 62.3 Å². The Balaban J connectivity index is 2.40. The lowest BCUT2D eigenvalue weighted by Crippen LogP contribution is -2.10. The van der Waals surface area contributed by atoms with E-state index in [1.807, 2.05) is 0 Å². The number of esters is 1. The molecule has 3 aromatic rings. The summed E-state index contributed by atoms with van der Waals surface area (Å²) in [7, 11) is 0. The van der Waals surface area contributed by atoms with Crippen molar-refractivity contribution in [2.45, 2.75) is 6.92 Å². The van der Waals surface area contributed by atoms with Crippen LogP contribution in [-0.4, -0.2) is 17.5 Å². The predicted octanol–water partition coefficient (Wildman–Crippen LogP) is 3.50. The van der Waals surface area contributed by atoms with Crippen LogP contribution < -0.4 is 5.43 Å². The summed E-state index contributed by atoms with van der Waals surface area (Å²) in [5, 5.41) is 12.0. The molecule has 0 bridgehead atoms. The first kappa shape index (κ1) is 15.1. The molecule has 6 nitrogen and oxygen atoms in total. The van der Waals surface area contributed by atoms with Crippen LogP contribution in [0.5, 0.6) is 0 Å². The molecular weight excluding hydrogens is 318 g/mol. The Bertz CT molecular complexity index is 1010. The van der Waals surface area contributed by atoms with Crippen molar-refractivity contribution in [3.8, 4) is 0 Å². The van der Waals surface area contributed by atoms with E-state index in [9.17, 15) is 19.7 Å². The van der Waals surface area contributed by atoms with Crippen LogP contribution in [-0.2, 0) is 4.74 Å². The normalized spacial score (nSPS) is 10.8. The van der Waals surface area contributed by atoms with Crippen molar-refractivity contribution in [2.75, 3.05) is 6.61 Å². The van der Waals surface area contributed by atoms with Crippen molar-refractivity contribution < 1.29 is 14.5 Å². The summed E-state index contributed by atoms with van der Waals surface area (Å²) in [6.07, 6.45) is 0. The summed E-state index contributed by atoms with van der Waals surface area (Å²) in [5.41, 5.74) is -0.819. The summed E-state index contributed by atoms with van der Waals surface area (Å²) >= 11 is 1.27. The molecule has 0 aliphatic carbocycles. The van der Waals surface area contributed by atoms with Gasteiger partial charge in [0.05, 0.1) is 11.5 Å². The molecule has 0 saturated carbocycles. The highest BCUT2D eigenvalue weighted by Crippen LogP contribution is 2.30. The Labute approximate surface area is 134 Å². The van der Waals surface area contributed by atoms with Gasteiger partial charge in [0.2, 0.25) is 0 Å². The van der Waals surface area contributed by atoms with Gasteiger partial charge in [-0.1, -0.05) is 12.1 Å². The molecule has 2 aromatic carbocycles. The summed E-state index contributed by atoms with van der Waals surface area (Å²) in [6, 6.07) is 9.55. The summed E-state index contributed by atoms with van der Waals surface area (Å²) in [4.78, 5) is 35.2. The molecule has 0 radical (unpaired) electrons. The number of hydrogen-bond acceptors (Lipinski definition) is 6. The SMILES string of the molecule is CCOC(=O)c1cc2c(=O)c3ccccc3sc2cc1[N+](=O)[O-]. The highest BCUT2D eigenvalue weighted by Gasteiger charge is 2.23. The molecule has 7 heteroatoms. The van der Waals surface area contributed by atoms with E-state index >= 15 is 0 Å². The van der Waals surface area contributed by atoms with Crippen molar-refractivity contribution in [1.29, 1.82) is 0 Å². The lowest BCUT2D eigenvalue weighted by Gasteiger charge is -2.06. The van der Waals surface area contributed by atoms with Gasteiger partial charge in [-0.15, -0.1) is 11.3 Å². The van der Waals surface area contributed by atoms with Gasteiger partial charge in [0, 0.05) is 26.2 Å². The van der Waals surface area contributed by atoms with E-state index in [4.69, 9.17) is 4.74 Å². The Morgan fingerprint density at radius 3 is 2.65 bits per heavy atom. The number of nitro groups is 1. The maximum atomic E-state index is 12.6. The number of fused-ring (bicyclic) bond motifs is 2. The van der Waals surface area contributed by atoms with Crippen LogP contribution in [0.2, 0.25) is 0 Å². The first-order valence-corrected chi connectivity index (χ1v) is 7.65. The lowest BCUT2D eigenvalue weighted by molar-refractivity contribution is -0.385. The zero-order valence-electron chi connectivity index (χ0n) is 12.1. The highest BCUT2D eigenvalue weighted by molar-refractivity contribution is 7.24. The fraction of sp³-hybridized carbons (Fsp3) is 0.125. The number of rotatable bonds is 3. The van der Waals surface area contributed by atoms with E-state index in [-0.39, 0.29) is 28.7 Å². The van der Waals surface area contributed by atoms with Crippen molar-refractivity contribution in [1.82, 2.24) is 0 Å². The highest BCUT2D eigenvalue weighted by atomic mass is 32.1. The van der Waals surface area contributed by atoms with Gasteiger partial charge in [0.1, 0.15) is 5.56 Å². The molecule has 0 N–H and O–H groups in total. The second kappa shape index (κ2) is 5.77. The monoisotopic (exact) mass is 329 g/mol. The molecule has 0 aliphatic heterocycles. The molecule has 0 atom stereocenters. The molecule has 3 rings (SSSR count). The smallest absolute Gasteiger partial charge is 0.345 e.